The Balaban J connectivity index is 1.60. The van der Waals surface area contributed by atoms with Gasteiger partial charge >= 0.3 is 5.97 Å². The molecule has 3 heterocycles. The Kier molecular flexibility index (Phi) is 4.49. The molecule has 8 heteroatoms. The van der Waals surface area contributed by atoms with Crippen LogP contribution in [-0.2, 0) is 9.53 Å². The highest BCUT2D eigenvalue weighted by Crippen LogP contribution is 2.24. The second kappa shape index (κ2) is 7.09. The Morgan fingerprint density at radius 1 is 1.15 bits per heavy atom. The number of hydrogen-bond acceptors (Lipinski definition) is 7. The largest absolute Gasteiger partial charge is 0.468 e. The van der Waals surface area contributed by atoms with Crippen molar-refractivity contribution in [1.29, 1.82) is 0 Å². The first-order chi connectivity index (χ1) is 12.7. The summed E-state index contributed by atoms with van der Waals surface area (Å²) >= 11 is 0. The van der Waals surface area contributed by atoms with E-state index in [0.717, 1.165) is 43.3 Å². The molecule has 1 saturated heterocycles. The number of piperazine rings is 1. The zero-order chi connectivity index (χ0) is 17.9. The van der Waals surface area contributed by atoms with Crippen molar-refractivity contribution in [3.8, 4) is 11.3 Å². The first-order valence-corrected chi connectivity index (χ1v) is 8.55. The van der Waals surface area contributed by atoms with E-state index < -0.39 is 0 Å². The first kappa shape index (κ1) is 16.5. The third-order valence-corrected chi connectivity index (χ3v) is 4.58. The van der Waals surface area contributed by atoms with Crippen LogP contribution >= 0.6 is 0 Å². The third-order valence-electron chi connectivity index (χ3n) is 4.58. The van der Waals surface area contributed by atoms with Crippen molar-refractivity contribution in [2.45, 2.75) is 0 Å². The molecule has 1 aliphatic rings. The van der Waals surface area contributed by atoms with Crippen molar-refractivity contribution in [1.82, 2.24) is 24.5 Å². The summed E-state index contributed by atoms with van der Waals surface area (Å²) in [5.41, 5.74) is 1.92. The van der Waals surface area contributed by atoms with E-state index in [1.165, 1.54) is 13.4 Å². The summed E-state index contributed by atoms with van der Waals surface area (Å²) < 4.78 is 6.52. The smallest absolute Gasteiger partial charge is 0.319 e. The van der Waals surface area contributed by atoms with E-state index in [2.05, 4.69) is 24.9 Å². The van der Waals surface area contributed by atoms with Gasteiger partial charge in [-0.2, -0.15) is 14.6 Å². The van der Waals surface area contributed by atoms with E-state index in [9.17, 15) is 4.79 Å². The maximum Gasteiger partial charge on any atom is 0.319 e. The molecule has 0 bridgehead atoms. The molecule has 0 radical (unpaired) electrons. The lowest BCUT2D eigenvalue weighted by Gasteiger charge is -2.35. The number of esters is 1. The van der Waals surface area contributed by atoms with Gasteiger partial charge in [0, 0.05) is 37.8 Å². The molecule has 8 nitrogen and oxygen atoms in total. The van der Waals surface area contributed by atoms with E-state index in [-0.39, 0.29) is 5.97 Å². The minimum absolute atomic E-state index is 0.201. The summed E-state index contributed by atoms with van der Waals surface area (Å²) in [6, 6.07) is 12.1. The quantitative estimate of drug-likeness (QED) is 0.651. The fraction of sp³-hybridized carbons (Fsp3) is 0.333. The van der Waals surface area contributed by atoms with Gasteiger partial charge in [-0.1, -0.05) is 30.3 Å². The maximum atomic E-state index is 11.5. The Hall–Kier alpha value is -3.00. The number of carbonyl (C=O) groups is 1. The molecule has 0 spiro atoms. The number of fused-ring (bicyclic) bond motifs is 1. The molecule has 0 saturated carbocycles. The molecule has 0 unspecified atom stereocenters. The number of ether oxygens (including phenoxy) is 1. The highest BCUT2D eigenvalue weighted by Gasteiger charge is 2.22. The van der Waals surface area contributed by atoms with Crippen LogP contribution in [0.4, 0.5) is 5.82 Å². The van der Waals surface area contributed by atoms with Gasteiger partial charge in [0.05, 0.1) is 19.3 Å². The molecule has 2 aromatic heterocycles. The van der Waals surface area contributed by atoms with Gasteiger partial charge in [-0.25, -0.2) is 4.98 Å². The average molecular weight is 352 g/mol. The molecule has 0 atom stereocenters. The number of carbonyl (C=O) groups excluding carboxylic acids is 1. The second-order valence-corrected chi connectivity index (χ2v) is 6.18. The molecule has 134 valence electrons. The molecular weight excluding hydrogens is 332 g/mol. The molecule has 0 N–H and O–H groups in total. The van der Waals surface area contributed by atoms with Crippen LogP contribution in [0.1, 0.15) is 0 Å². The van der Waals surface area contributed by atoms with Crippen molar-refractivity contribution < 1.29 is 9.53 Å². The van der Waals surface area contributed by atoms with Crippen LogP contribution in [0, 0.1) is 0 Å². The highest BCUT2D eigenvalue weighted by molar-refractivity contribution is 5.71. The van der Waals surface area contributed by atoms with Crippen LogP contribution in [0.15, 0.2) is 42.7 Å². The number of nitrogens with zero attached hydrogens (tertiary/aromatic N) is 6. The van der Waals surface area contributed by atoms with Gasteiger partial charge in [-0.3, -0.25) is 9.69 Å². The number of methoxy groups -OCH3 is 1. The standard InChI is InChI=1S/C18H20N6O2/c1-26-17(25)12-22-7-9-23(10-8-22)16-11-15(14-5-3-2-4-6-14)21-18-19-13-20-24(16)18/h2-6,11,13H,7-10,12H2,1H3. The number of anilines is 1. The molecule has 1 aliphatic heterocycles. The average Bonchev–Trinajstić information content (AvgIpc) is 3.17. The molecule has 0 amide bonds. The minimum atomic E-state index is -0.201. The Morgan fingerprint density at radius 3 is 2.65 bits per heavy atom. The van der Waals surface area contributed by atoms with Gasteiger partial charge < -0.3 is 9.64 Å². The van der Waals surface area contributed by atoms with E-state index >= 15 is 0 Å². The molecule has 4 rings (SSSR count). The first-order valence-electron chi connectivity index (χ1n) is 8.55. The van der Waals surface area contributed by atoms with E-state index in [4.69, 9.17) is 4.74 Å². The molecule has 1 fully saturated rings. The normalized spacial score (nSPS) is 15.3. The van der Waals surface area contributed by atoms with Crippen molar-refractivity contribution in [2.75, 3.05) is 44.7 Å². The van der Waals surface area contributed by atoms with Crippen molar-refractivity contribution in [3.05, 3.63) is 42.7 Å². The van der Waals surface area contributed by atoms with Crippen LogP contribution < -0.4 is 4.90 Å². The topological polar surface area (TPSA) is 75.9 Å². The van der Waals surface area contributed by atoms with Crippen LogP contribution in [0.2, 0.25) is 0 Å². The van der Waals surface area contributed by atoms with Gasteiger partial charge in [0.25, 0.3) is 5.78 Å². The lowest BCUT2D eigenvalue weighted by Crippen LogP contribution is -2.48. The fourth-order valence-electron chi connectivity index (χ4n) is 3.16. The fourth-order valence-corrected chi connectivity index (χ4v) is 3.16. The molecule has 3 aromatic rings. The number of benzene rings is 1. The molecule has 0 aliphatic carbocycles. The Labute approximate surface area is 151 Å². The predicted octanol–water partition coefficient (Wildman–Crippen LogP) is 1.09. The zero-order valence-electron chi connectivity index (χ0n) is 14.6. The molecule has 1 aromatic carbocycles. The van der Waals surface area contributed by atoms with Gasteiger partial charge in [0.1, 0.15) is 12.1 Å². The monoisotopic (exact) mass is 352 g/mol. The van der Waals surface area contributed by atoms with Crippen LogP contribution in [-0.4, -0.2) is 70.3 Å². The second-order valence-electron chi connectivity index (χ2n) is 6.18. The Morgan fingerprint density at radius 2 is 1.92 bits per heavy atom. The SMILES string of the molecule is COC(=O)CN1CCN(c2cc(-c3ccccc3)nc3ncnn23)CC1. The number of hydrogen-bond donors (Lipinski definition) is 0. The van der Waals surface area contributed by atoms with Crippen LogP contribution in [0.5, 0.6) is 0 Å². The molecule has 26 heavy (non-hydrogen) atoms. The van der Waals surface area contributed by atoms with Crippen LogP contribution in [0.3, 0.4) is 0 Å². The van der Waals surface area contributed by atoms with E-state index in [1.807, 2.05) is 36.4 Å². The maximum absolute atomic E-state index is 11.5. The van der Waals surface area contributed by atoms with Crippen LogP contribution in [0.25, 0.3) is 17.0 Å². The summed E-state index contributed by atoms with van der Waals surface area (Å²) in [6.45, 7) is 3.49. The number of aromatic nitrogens is 4. The highest BCUT2D eigenvalue weighted by atomic mass is 16.5. The summed E-state index contributed by atoms with van der Waals surface area (Å²) in [7, 11) is 1.42. The molecular formula is C18H20N6O2. The van der Waals surface area contributed by atoms with E-state index in [0.29, 0.717) is 12.3 Å². The Bertz CT molecular complexity index is 902. The van der Waals surface area contributed by atoms with Gasteiger partial charge in [0.2, 0.25) is 0 Å². The number of rotatable bonds is 4. The summed E-state index contributed by atoms with van der Waals surface area (Å²) in [6.07, 6.45) is 1.52. The summed E-state index contributed by atoms with van der Waals surface area (Å²) in [4.78, 5) is 24.7. The lowest BCUT2D eigenvalue weighted by atomic mass is 10.1. The minimum Gasteiger partial charge on any atom is -0.468 e. The summed E-state index contributed by atoms with van der Waals surface area (Å²) in [5.74, 6) is 1.34. The van der Waals surface area contributed by atoms with Crippen molar-refractivity contribution in [3.63, 3.8) is 0 Å². The van der Waals surface area contributed by atoms with E-state index in [1.54, 1.807) is 4.52 Å². The van der Waals surface area contributed by atoms with Gasteiger partial charge in [-0.05, 0) is 0 Å². The van der Waals surface area contributed by atoms with Crippen molar-refractivity contribution >= 4 is 17.6 Å². The third kappa shape index (κ3) is 3.23. The predicted molar refractivity (Wildman–Crippen MR) is 96.9 cm³/mol. The van der Waals surface area contributed by atoms with Gasteiger partial charge in [0.15, 0.2) is 0 Å². The zero-order valence-corrected chi connectivity index (χ0v) is 14.6. The van der Waals surface area contributed by atoms with Crippen molar-refractivity contribution in [2.24, 2.45) is 0 Å². The van der Waals surface area contributed by atoms with Gasteiger partial charge in [-0.15, -0.1) is 0 Å². The summed E-state index contributed by atoms with van der Waals surface area (Å²) in [5, 5.41) is 4.32. The lowest BCUT2D eigenvalue weighted by molar-refractivity contribution is -0.142.